The van der Waals surface area contributed by atoms with Crippen LogP contribution in [0.1, 0.15) is 5.56 Å². The molecule has 0 radical (unpaired) electrons. The number of aromatic nitrogens is 2. The first-order valence-corrected chi connectivity index (χ1v) is 5.72. The molecule has 0 unspecified atom stereocenters. The van der Waals surface area contributed by atoms with E-state index in [1.165, 1.54) is 6.07 Å². The molecule has 2 nitrogen and oxygen atoms in total. The number of rotatable bonds is 0. The lowest BCUT2D eigenvalue weighted by Crippen LogP contribution is -2.08. The lowest BCUT2D eigenvalue weighted by Gasteiger charge is -2.13. The maximum absolute atomic E-state index is 12.9. The maximum atomic E-state index is 12.9. The average Bonchev–Trinajstić information content (AvgIpc) is 2.19. The van der Waals surface area contributed by atoms with Gasteiger partial charge in [-0.15, -0.1) is 0 Å². The summed E-state index contributed by atoms with van der Waals surface area (Å²) < 4.78 is 38.9. The molecule has 0 saturated heterocycles. The first-order chi connectivity index (χ1) is 7.82. The third-order valence-electron chi connectivity index (χ3n) is 2.06. The summed E-state index contributed by atoms with van der Waals surface area (Å²) in [5.74, 6) is 0. The normalized spacial score (nSPS) is 12.1. The molecule has 0 bridgehead atoms. The van der Waals surface area contributed by atoms with Crippen LogP contribution < -0.4 is 0 Å². The summed E-state index contributed by atoms with van der Waals surface area (Å²) in [6.45, 7) is 0. The van der Waals surface area contributed by atoms with Crippen LogP contribution in [0.5, 0.6) is 0 Å². The number of hydrogen-bond donors (Lipinski definition) is 0. The molecular weight excluding hydrogens is 344 g/mol. The molecule has 1 aromatic carbocycles. The molecule has 0 fully saturated rings. The van der Waals surface area contributed by atoms with Gasteiger partial charge in [0.1, 0.15) is 11.5 Å². The van der Waals surface area contributed by atoms with E-state index in [9.17, 15) is 13.2 Å². The lowest BCUT2D eigenvalue weighted by molar-refractivity contribution is -0.136. The van der Waals surface area contributed by atoms with E-state index in [2.05, 4.69) is 25.9 Å². The van der Waals surface area contributed by atoms with Gasteiger partial charge in [-0.05, 0) is 22.0 Å². The van der Waals surface area contributed by atoms with Crippen molar-refractivity contribution < 1.29 is 13.2 Å². The van der Waals surface area contributed by atoms with E-state index in [1.54, 1.807) is 0 Å². The molecule has 1 heterocycles. The number of benzene rings is 1. The topological polar surface area (TPSA) is 25.8 Å². The zero-order valence-corrected chi connectivity index (χ0v) is 10.9. The molecule has 0 aliphatic carbocycles. The molecular formula is C9H2BrCl2F3N2. The van der Waals surface area contributed by atoms with E-state index in [0.29, 0.717) is 0 Å². The molecule has 2 aromatic rings. The second-order valence-corrected chi connectivity index (χ2v) is 4.69. The Morgan fingerprint density at radius 3 is 2.41 bits per heavy atom. The monoisotopic (exact) mass is 344 g/mol. The van der Waals surface area contributed by atoms with Crippen LogP contribution >= 0.6 is 39.1 Å². The smallest absolute Gasteiger partial charge is 0.236 e. The van der Waals surface area contributed by atoms with Gasteiger partial charge in [0.2, 0.25) is 0 Å². The van der Waals surface area contributed by atoms with Crippen LogP contribution in [-0.4, -0.2) is 9.97 Å². The highest BCUT2D eigenvalue weighted by molar-refractivity contribution is 9.10. The number of hydrogen-bond acceptors (Lipinski definition) is 2. The fraction of sp³-hybridized carbons (Fsp3) is 0.111. The first-order valence-electron chi connectivity index (χ1n) is 4.17. The van der Waals surface area contributed by atoms with Gasteiger partial charge < -0.3 is 0 Å². The molecule has 17 heavy (non-hydrogen) atoms. The molecule has 0 atom stereocenters. The van der Waals surface area contributed by atoms with Gasteiger partial charge in [-0.1, -0.05) is 23.2 Å². The summed E-state index contributed by atoms with van der Waals surface area (Å²) in [5.41, 5.74) is -0.956. The highest BCUT2D eigenvalue weighted by Gasteiger charge is 2.37. The molecule has 0 aliphatic heterocycles. The molecule has 0 aliphatic rings. The van der Waals surface area contributed by atoms with Crippen LogP contribution in [0.4, 0.5) is 13.2 Å². The van der Waals surface area contributed by atoms with E-state index < -0.39 is 16.8 Å². The van der Waals surface area contributed by atoms with Crippen molar-refractivity contribution in [2.45, 2.75) is 6.18 Å². The van der Waals surface area contributed by atoms with E-state index in [0.717, 1.165) is 6.33 Å². The molecule has 8 heteroatoms. The minimum absolute atomic E-state index is 0.0774. The van der Waals surface area contributed by atoms with Crippen LogP contribution in [-0.2, 0) is 6.18 Å². The highest BCUT2D eigenvalue weighted by atomic mass is 79.9. The van der Waals surface area contributed by atoms with Crippen molar-refractivity contribution in [2.24, 2.45) is 0 Å². The zero-order valence-electron chi connectivity index (χ0n) is 7.82. The van der Waals surface area contributed by atoms with Crippen LogP contribution in [0.2, 0.25) is 10.2 Å². The summed E-state index contributed by atoms with van der Waals surface area (Å²) in [6.07, 6.45) is -3.54. The predicted molar refractivity (Wildman–Crippen MR) is 62.3 cm³/mol. The maximum Gasteiger partial charge on any atom is 0.418 e. The third kappa shape index (κ3) is 2.21. The molecule has 0 N–H and O–H groups in total. The summed E-state index contributed by atoms with van der Waals surface area (Å²) >= 11 is 14.3. The molecule has 1 aromatic heterocycles. The van der Waals surface area contributed by atoms with Gasteiger partial charge in [-0.2, -0.15) is 13.2 Å². The van der Waals surface area contributed by atoms with Gasteiger partial charge in [0.15, 0.2) is 0 Å². The zero-order chi connectivity index (χ0) is 12.8. The molecule has 0 amide bonds. The Morgan fingerprint density at radius 1 is 1.18 bits per heavy atom. The van der Waals surface area contributed by atoms with Crippen LogP contribution in [0.15, 0.2) is 16.9 Å². The minimum Gasteiger partial charge on any atom is -0.236 e. The summed E-state index contributed by atoms with van der Waals surface area (Å²) in [5, 5.41) is -1.03. The second kappa shape index (κ2) is 4.26. The van der Waals surface area contributed by atoms with Gasteiger partial charge >= 0.3 is 6.18 Å². The SMILES string of the molecule is FC(F)(F)c1c(Cl)c(Br)cc2ncnc(Cl)c12. The minimum atomic E-state index is -4.63. The number of halogens is 6. The molecule has 90 valence electrons. The van der Waals surface area contributed by atoms with E-state index in [4.69, 9.17) is 23.2 Å². The lowest BCUT2D eigenvalue weighted by atomic mass is 10.1. The Kier molecular flexibility index (Phi) is 3.22. The Morgan fingerprint density at radius 2 is 1.82 bits per heavy atom. The quantitative estimate of drug-likeness (QED) is 0.646. The predicted octanol–water partition coefficient (Wildman–Crippen LogP) is 4.72. The number of alkyl halides is 3. The first kappa shape index (κ1) is 12.9. The Bertz CT molecular complexity index is 601. The fourth-order valence-corrected chi connectivity index (χ4v) is 2.30. The van der Waals surface area contributed by atoms with Crippen LogP contribution in [0.25, 0.3) is 10.9 Å². The van der Waals surface area contributed by atoms with Crippen LogP contribution in [0, 0.1) is 0 Å². The van der Waals surface area contributed by atoms with E-state index >= 15 is 0 Å². The summed E-state index contributed by atoms with van der Waals surface area (Å²) in [7, 11) is 0. The van der Waals surface area contributed by atoms with Gasteiger partial charge in [0.25, 0.3) is 0 Å². The van der Waals surface area contributed by atoms with Crippen molar-refractivity contribution in [1.29, 1.82) is 0 Å². The van der Waals surface area contributed by atoms with Crippen molar-refractivity contribution in [3.63, 3.8) is 0 Å². The highest BCUT2D eigenvalue weighted by Crippen LogP contribution is 2.44. The molecule has 2 rings (SSSR count). The van der Waals surface area contributed by atoms with Crippen molar-refractivity contribution in [2.75, 3.05) is 0 Å². The largest absolute Gasteiger partial charge is 0.418 e. The number of fused-ring (bicyclic) bond motifs is 1. The van der Waals surface area contributed by atoms with Gasteiger partial charge in [-0.25, -0.2) is 9.97 Å². The summed E-state index contributed by atoms with van der Waals surface area (Å²) in [4.78, 5) is 7.27. The number of nitrogens with zero attached hydrogens (tertiary/aromatic N) is 2. The Hall–Kier alpha value is -0.590. The van der Waals surface area contributed by atoms with Gasteiger partial charge in [0.05, 0.1) is 21.5 Å². The third-order valence-corrected chi connectivity index (χ3v) is 3.59. The van der Waals surface area contributed by atoms with Crippen molar-refractivity contribution >= 4 is 50.0 Å². The summed E-state index contributed by atoms with van der Waals surface area (Å²) in [6, 6.07) is 1.36. The Labute approximate surface area is 112 Å². The van der Waals surface area contributed by atoms with Gasteiger partial charge in [-0.3, -0.25) is 0 Å². The van der Waals surface area contributed by atoms with Crippen molar-refractivity contribution in [3.05, 3.63) is 32.6 Å². The van der Waals surface area contributed by atoms with E-state index in [1.807, 2.05) is 0 Å². The standard InChI is InChI=1S/C9H2BrCl2F3N2/c10-3-1-4-5(8(12)17-2-16-4)6(7(3)11)9(13,14)15/h1-2H. The average molecular weight is 346 g/mol. The Balaban J connectivity index is 3.01. The second-order valence-electron chi connectivity index (χ2n) is 3.10. The van der Waals surface area contributed by atoms with Crippen LogP contribution in [0.3, 0.4) is 0 Å². The molecule has 0 saturated carbocycles. The van der Waals surface area contributed by atoms with Crippen molar-refractivity contribution in [1.82, 2.24) is 9.97 Å². The molecule has 0 spiro atoms. The van der Waals surface area contributed by atoms with E-state index in [-0.39, 0.29) is 20.5 Å². The fourth-order valence-electron chi connectivity index (χ4n) is 1.40. The van der Waals surface area contributed by atoms with Gasteiger partial charge in [0, 0.05) is 4.47 Å². The van der Waals surface area contributed by atoms with Crippen molar-refractivity contribution in [3.8, 4) is 0 Å².